The van der Waals surface area contributed by atoms with E-state index in [-0.39, 0.29) is 0 Å². The zero-order valence-electron chi connectivity index (χ0n) is 14.1. The first kappa shape index (κ1) is 23.7. The molecule has 0 spiro atoms. The van der Waals surface area contributed by atoms with Gasteiger partial charge in [0.2, 0.25) is 0 Å². The summed E-state index contributed by atoms with van der Waals surface area (Å²) in [5.41, 5.74) is 0. The summed E-state index contributed by atoms with van der Waals surface area (Å²) in [6.45, 7) is 6.28. The maximum Gasteiger partial charge on any atom is 0.253 e. The highest BCUT2D eigenvalue weighted by Crippen LogP contribution is 2.31. The van der Waals surface area contributed by atoms with Gasteiger partial charge in [-0.15, -0.1) is 0 Å². The van der Waals surface area contributed by atoms with Gasteiger partial charge in [-0.1, -0.05) is 0 Å². The third-order valence-corrected chi connectivity index (χ3v) is 3.95. The molecule has 8 nitrogen and oxygen atoms in total. The van der Waals surface area contributed by atoms with Crippen molar-refractivity contribution in [1.82, 2.24) is 0 Å². The van der Waals surface area contributed by atoms with E-state index in [1.54, 1.807) is 27.7 Å². The van der Waals surface area contributed by atoms with Gasteiger partial charge in [-0.05, 0) is 74.1 Å². The number of carbonyl (C=O) groups excluding carboxylic acids is 4. The van der Waals surface area contributed by atoms with Gasteiger partial charge in [-0.3, -0.25) is 19.2 Å². The molecule has 0 bridgehead atoms. The maximum atomic E-state index is 10.8. The molecule has 0 radical (unpaired) electrons. The van der Waals surface area contributed by atoms with Crippen molar-refractivity contribution in [3.05, 3.63) is 0 Å². The van der Waals surface area contributed by atoms with Crippen molar-refractivity contribution in [1.29, 1.82) is 0 Å². The molecule has 0 N–H and O–H groups in total. The number of ether oxygens (including phenoxy) is 4. The van der Waals surface area contributed by atoms with Gasteiger partial charge in [0.1, 0.15) is 0 Å². The summed E-state index contributed by atoms with van der Waals surface area (Å²) < 4.78 is 20.3. The molecule has 2 aliphatic rings. The Morgan fingerprint density at radius 3 is 0.808 bits per heavy atom. The Kier molecular flexibility index (Phi) is 8.02. The molecule has 0 aromatic heterocycles. The predicted molar refractivity (Wildman–Crippen MR) is 91.1 cm³/mol. The Labute approximate surface area is 169 Å². The number of rotatable bonds is 4. The highest BCUT2D eigenvalue weighted by atomic mass is 35.5. The lowest BCUT2D eigenvalue weighted by atomic mass is 10.2. The Balaban J connectivity index is 0.000000260. The Hall–Kier alpha value is -0.320. The van der Waals surface area contributed by atoms with Gasteiger partial charge in [0.15, 0.2) is 36.0 Å². The third kappa shape index (κ3) is 6.38. The molecule has 0 aliphatic carbocycles. The second kappa shape index (κ2) is 8.79. The number of halogens is 4. The largest absolute Gasteiger partial charge is 0.335 e. The van der Waals surface area contributed by atoms with E-state index in [9.17, 15) is 19.2 Å². The average molecular weight is 454 g/mol. The van der Waals surface area contributed by atoms with E-state index in [0.717, 1.165) is 0 Å². The van der Waals surface area contributed by atoms with Crippen molar-refractivity contribution in [3.63, 3.8) is 0 Å². The Morgan fingerprint density at radius 2 is 0.692 bits per heavy atom. The quantitative estimate of drug-likeness (QED) is 0.595. The van der Waals surface area contributed by atoms with Crippen LogP contribution in [0.1, 0.15) is 27.7 Å². The first-order valence-corrected chi connectivity index (χ1v) is 8.66. The van der Waals surface area contributed by atoms with Crippen LogP contribution in [0.25, 0.3) is 0 Å². The molecule has 26 heavy (non-hydrogen) atoms. The fourth-order valence-electron chi connectivity index (χ4n) is 2.19. The minimum atomic E-state index is -1.11. The van der Waals surface area contributed by atoms with Gasteiger partial charge < -0.3 is 18.9 Å². The van der Waals surface area contributed by atoms with E-state index in [4.69, 9.17) is 65.4 Å². The molecular formula is C14H16Cl4O8. The summed E-state index contributed by atoms with van der Waals surface area (Å²) in [5, 5.41) is -3.15. The van der Waals surface area contributed by atoms with Gasteiger partial charge in [0, 0.05) is 0 Å². The summed E-state index contributed by atoms with van der Waals surface area (Å²) in [6, 6.07) is 0. The number of carbonyl (C=O) groups is 4. The fraction of sp³-hybridized carbons (Fsp3) is 0.714. The van der Waals surface area contributed by atoms with E-state index < -0.39 is 57.0 Å². The molecule has 0 unspecified atom stereocenters. The van der Waals surface area contributed by atoms with Crippen LogP contribution in [0.15, 0.2) is 0 Å². The van der Waals surface area contributed by atoms with Gasteiger partial charge in [-0.2, -0.15) is 0 Å². The predicted octanol–water partition coefficient (Wildman–Crippen LogP) is 2.07. The first-order valence-electron chi connectivity index (χ1n) is 7.15. The van der Waals surface area contributed by atoms with Crippen molar-refractivity contribution >= 4 is 67.4 Å². The molecule has 2 heterocycles. The number of hydrogen-bond acceptors (Lipinski definition) is 8. The molecule has 0 amide bonds. The molecule has 2 saturated heterocycles. The van der Waals surface area contributed by atoms with Crippen LogP contribution in [0.3, 0.4) is 0 Å². The zero-order valence-corrected chi connectivity index (χ0v) is 17.1. The van der Waals surface area contributed by atoms with Gasteiger partial charge >= 0.3 is 0 Å². The standard InChI is InChI=1S/2C7H8Cl2O4/c2*1-7(2)12-3(5(8)10)4(13-7)6(9)11/h2*3-4H,1-2H3/t2*3-,4-/m11/s1. The highest BCUT2D eigenvalue weighted by molar-refractivity contribution is 6.68. The monoisotopic (exact) mass is 452 g/mol. The molecule has 12 heteroatoms. The second-order valence-corrected chi connectivity index (χ2v) is 7.66. The highest BCUT2D eigenvalue weighted by Gasteiger charge is 2.48. The molecule has 0 aromatic carbocycles. The summed E-state index contributed by atoms with van der Waals surface area (Å²) in [4.78, 5) is 43.2. The molecule has 0 saturated carbocycles. The second-order valence-electron chi connectivity index (χ2n) is 6.17. The molecule has 148 valence electrons. The van der Waals surface area contributed by atoms with E-state index in [1.807, 2.05) is 0 Å². The minimum Gasteiger partial charge on any atom is -0.335 e. The van der Waals surface area contributed by atoms with E-state index in [0.29, 0.717) is 0 Å². The first-order chi connectivity index (χ1) is 11.7. The van der Waals surface area contributed by atoms with Crippen molar-refractivity contribution in [3.8, 4) is 0 Å². The van der Waals surface area contributed by atoms with Crippen LogP contribution in [-0.4, -0.2) is 57.0 Å². The third-order valence-electron chi connectivity index (χ3n) is 3.09. The lowest BCUT2D eigenvalue weighted by molar-refractivity contribution is -0.154. The molecular weight excluding hydrogens is 438 g/mol. The Morgan fingerprint density at radius 1 is 0.538 bits per heavy atom. The summed E-state index contributed by atoms with van der Waals surface area (Å²) in [5.74, 6) is -2.02. The normalized spacial score (nSPS) is 31.7. The van der Waals surface area contributed by atoms with Crippen LogP contribution in [0, 0.1) is 0 Å². The van der Waals surface area contributed by atoms with Crippen molar-refractivity contribution in [2.75, 3.05) is 0 Å². The average Bonchev–Trinajstić information content (AvgIpc) is 2.96. The van der Waals surface area contributed by atoms with Crippen LogP contribution >= 0.6 is 46.4 Å². The van der Waals surface area contributed by atoms with E-state index >= 15 is 0 Å². The molecule has 4 atom stereocenters. The lowest BCUT2D eigenvalue weighted by Crippen LogP contribution is -2.32. The van der Waals surface area contributed by atoms with Crippen molar-refractivity contribution in [2.24, 2.45) is 0 Å². The van der Waals surface area contributed by atoms with Crippen LogP contribution in [0.4, 0.5) is 0 Å². The SMILES string of the molecule is CC1(C)O[C@@H](C(=O)Cl)[C@H](C(=O)Cl)O1.CC1(C)O[C@@H](C(=O)Cl)[C@H](C(=O)Cl)O1. The minimum absolute atomic E-state index is 0.787. The van der Waals surface area contributed by atoms with E-state index in [1.165, 1.54) is 0 Å². The summed E-state index contributed by atoms with van der Waals surface area (Å²) >= 11 is 20.8. The van der Waals surface area contributed by atoms with Gasteiger partial charge in [0.25, 0.3) is 21.0 Å². The van der Waals surface area contributed by atoms with Gasteiger partial charge in [-0.25, -0.2) is 0 Å². The van der Waals surface area contributed by atoms with Crippen LogP contribution in [-0.2, 0) is 38.1 Å². The maximum absolute atomic E-state index is 10.8. The molecule has 0 aromatic rings. The summed E-state index contributed by atoms with van der Waals surface area (Å²) in [7, 11) is 0. The van der Waals surface area contributed by atoms with Crippen LogP contribution in [0.5, 0.6) is 0 Å². The zero-order chi connectivity index (χ0) is 20.4. The van der Waals surface area contributed by atoms with Crippen molar-refractivity contribution < 1.29 is 38.1 Å². The molecule has 2 aliphatic heterocycles. The summed E-state index contributed by atoms with van der Waals surface area (Å²) in [6.07, 6.45) is -4.44. The van der Waals surface area contributed by atoms with Crippen molar-refractivity contribution in [2.45, 2.75) is 63.7 Å². The Bertz CT molecular complexity index is 506. The molecule has 2 rings (SSSR count). The fourth-order valence-corrected chi connectivity index (χ4v) is 2.82. The van der Waals surface area contributed by atoms with Crippen LogP contribution < -0.4 is 0 Å². The van der Waals surface area contributed by atoms with Crippen LogP contribution in [0.2, 0.25) is 0 Å². The topological polar surface area (TPSA) is 105 Å². The van der Waals surface area contributed by atoms with Gasteiger partial charge in [0.05, 0.1) is 0 Å². The van der Waals surface area contributed by atoms with E-state index in [2.05, 4.69) is 0 Å². The number of hydrogen-bond donors (Lipinski definition) is 0. The molecule has 2 fully saturated rings. The lowest BCUT2D eigenvalue weighted by Gasteiger charge is -2.15. The smallest absolute Gasteiger partial charge is 0.253 e.